The highest BCUT2D eigenvalue weighted by Crippen LogP contribution is 2.43. The second-order valence-electron chi connectivity index (χ2n) is 12.9. The van der Waals surface area contributed by atoms with E-state index in [4.69, 9.17) is 32.8 Å². The second-order valence-corrected chi connectivity index (χ2v) is 12.9. The molecule has 292 valence electrons. The summed E-state index contributed by atoms with van der Waals surface area (Å²) in [5.41, 5.74) is 0.765. The van der Waals surface area contributed by atoms with Crippen molar-refractivity contribution in [3.8, 4) is 51.6 Å². The molecule has 0 saturated carbocycles. The number of rotatable bonds is 10. The third-order valence-corrected chi connectivity index (χ3v) is 9.22. The molecule has 0 bridgehead atoms. The lowest BCUT2D eigenvalue weighted by Crippen LogP contribution is -2.61. The summed E-state index contributed by atoms with van der Waals surface area (Å²) in [4.78, 5) is 25.8. The third kappa shape index (κ3) is 7.64. The maximum Gasteiger partial charge on any atom is 0.331 e. The lowest BCUT2D eigenvalue weighted by Gasteiger charge is -2.41. The van der Waals surface area contributed by atoms with Gasteiger partial charge in [-0.1, -0.05) is 18.2 Å². The minimum atomic E-state index is -1.82. The number of aliphatic hydroxyl groups is 4. The highest BCUT2D eigenvalue weighted by atomic mass is 16.7. The Hall–Kier alpha value is -6.30. The largest absolute Gasteiger partial charge is 0.508 e. The summed E-state index contributed by atoms with van der Waals surface area (Å²) < 4.78 is 40.2. The molecule has 0 amide bonds. The van der Waals surface area contributed by atoms with Gasteiger partial charge >= 0.3 is 5.97 Å². The Morgan fingerprint density at radius 1 is 0.821 bits per heavy atom. The van der Waals surface area contributed by atoms with E-state index in [1.165, 1.54) is 43.5 Å². The molecule has 7 N–H and O–H groups in total. The standard InChI is InChI=1S/C40H36O16/c1-50-29-13-21(5-9-24(29)44)38-32(17-41)52-27-10-6-20(12-30(27)54-38)28-16-26(46)35-25(45)14-23(15-31(35)53-28)51-40-37(49)36(48)39(33(18-42)55-40)56-34(47)11-4-19-2-7-22(43)8-3-19/h2-16,32-33,36-45,48-49H,17-18H2,1H3/b11-4+/t32-,33-,36-,37-,38-,39-,40-/m1/s1. The molecule has 1 fully saturated rings. The number of carbonyl (C=O) groups is 1. The van der Waals surface area contributed by atoms with E-state index >= 15 is 0 Å². The van der Waals surface area contributed by atoms with Crippen LogP contribution in [0.4, 0.5) is 0 Å². The average Bonchev–Trinajstić information content (AvgIpc) is 3.19. The maximum atomic E-state index is 13.3. The Balaban J connectivity index is 1.10. The van der Waals surface area contributed by atoms with Crippen molar-refractivity contribution in [2.24, 2.45) is 0 Å². The zero-order chi connectivity index (χ0) is 39.7. The Morgan fingerprint density at radius 3 is 2.32 bits per heavy atom. The molecule has 0 radical (unpaired) electrons. The van der Waals surface area contributed by atoms with E-state index in [2.05, 4.69) is 0 Å². The molecule has 0 aliphatic carbocycles. The lowest BCUT2D eigenvalue weighted by atomic mass is 9.99. The van der Waals surface area contributed by atoms with Crippen molar-refractivity contribution in [3.05, 3.63) is 106 Å². The van der Waals surface area contributed by atoms with Gasteiger partial charge in [-0.15, -0.1) is 0 Å². The normalized spacial score (nSPS) is 23.2. The molecule has 2 aliphatic rings. The molecule has 16 heteroatoms. The fraction of sp³-hybridized carbons (Fsp3) is 0.250. The number of aromatic hydroxyl groups is 3. The van der Waals surface area contributed by atoms with Crippen LogP contribution in [0.25, 0.3) is 28.4 Å². The van der Waals surface area contributed by atoms with Gasteiger partial charge in [0, 0.05) is 35.4 Å². The second kappa shape index (κ2) is 15.8. The van der Waals surface area contributed by atoms with Gasteiger partial charge in [-0.05, 0) is 54.1 Å². The average molecular weight is 773 g/mol. The van der Waals surface area contributed by atoms with Crippen LogP contribution in [0.5, 0.6) is 40.2 Å². The van der Waals surface area contributed by atoms with Gasteiger partial charge in [0.25, 0.3) is 0 Å². The fourth-order valence-corrected chi connectivity index (χ4v) is 6.38. The van der Waals surface area contributed by atoms with Gasteiger partial charge in [0.15, 0.2) is 46.7 Å². The van der Waals surface area contributed by atoms with Crippen molar-refractivity contribution >= 4 is 23.0 Å². The van der Waals surface area contributed by atoms with Crippen molar-refractivity contribution in [3.63, 3.8) is 0 Å². The van der Waals surface area contributed by atoms with E-state index in [1.807, 2.05) is 0 Å². The quantitative estimate of drug-likeness (QED) is 0.0797. The molecule has 0 unspecified atom stereocenters. The Bertz CT molecular complexity index is 2320. The van der Waals surface area contributed by atoms with Gasteiger partial charge in [0.05, 0.1) is 20.3 Å². The summed E-state index contributed by atoms with van der Waals surface area (Å²) in [6.07, 6.45) is -7.24. The smallest absolute Gasteiger partial charge is 0.331 e. The first-order chi connectivity index (χ1) is 27.0. The summed E-state index contributed by atoms with van der Waals surface area (Å²) in [5, 5.41) is 72.0. The minimum absolute atomic E-state index is 0.0386. The summed E-state index contributed by atoms with van der Waals surface area (Å²) in [5.74, 6) is -0.816. The van der Waals surface area contributed by atoms with Gasteiger partial charge in [0.1, 0.15) is 52.3 Å². The van der Waals surface area contributed by atoms with Crippen LogP contribution >= 0.6 is 0 Å². The molecule has 2 aliphatic heterocycles. The van der Waals surface area contributed by atoms with Gasteiger partial charge in [0.2, 0.25) is 6.29 Å². The third-order valence-electron chi connectivity index (χ3n) is 9.22. The number of methoxy groups -OCH3 is 1. The van der Waals surface area contributed by atoms with E-state index in [9.17, 15) is 45.3 Å². The van der Waals surface area contributed by atoms with Crippen molar-refractivity contribution in [2.45, 2.75) is 42.9 Å². The number of benzene rings is 4. The molecule has 7 atom stereocenters. The molecule has 3 heterocycles. The minimum Gasteiger partial charge on any atom is -0.508 e. The number of hydrogen-bond acceptors (Lipinski definition) is 16. The molecule has 16 nitrogen and oxygen atoms in total. The monoisotopic (exact) mass is 772 g/mol. The van der Waals surface area contributed by atoms with E-state index in [0.717, 1.165) is 12.1 Å². The predicted molar refractivity (Wildman–Crippen MR) is 195 cm³/mol. The summed E-state index contributed by atoms with van der Waals surface area (Å²) >= 11 is 0. The summed E-state index contributed by atoms with van der Waals surface area (Å²) in [6.45, 7) is -1.13. The van der Waals surface area contributed by atoms with E-state index < -0.39 is 66.7 Å². The fourth-order valence-electron chi connectivity index (χ4n) is 6.38. The van der Waals surface area contributed by atoms with Crippen LogP contribution in [0.15, 0.2) is 94.2 Å². The summed E-state index contributed by atoms with van der Waals surface area (Å²) in [6, 6.07) is 18.8. The molecule has 0 spiro atoms. The van der Waals surface area contributed by atoms with Crippen LogP contribution in [0.3, 0.4) is 0 Å². The van der Waals surface area contributed by atoms with E-state index in [1.54, 1.807) is 42.5 Å². The van der Waals surface area contributed by atoms with E-state index in [-0.39, 0.29) is 52.1 Å². The van der Waals surface area contributed by atoms with Crippen LogP contribution in [0.1, 0.15) is 17.2 Å². The Labute approximate surface area is 317 Å². The number of phenols is 3. The highest BCUT2D eigenvalue weighted by molar-refractivity contribution is 5.87. The van der Waals surface area contributed by atoms with Gasteiger partial charge < -0.3 is 68.6 Å². The zero-order valence-electron chi connectivity index (χ0n) is 29.4. The van der Waals surface area contributed by atoms with Crippen molar-refractivity contribution in [1.29, 1.82) is 0 Å². The zero-order valence-corrected chi connectivity index (χ0v) is 29.4. The number of hydrogen-bond donors (Lipinski definition) is 7. The van der Waals surface area contributed by atoms with Crippen LogP contribution < -0.4 is 24.4 Å². The summed E-state index contributed by atoms with van der Waals surface area (Å²) in [7, 11) is 1.40. The first-order valence-corrected chi connectivity index (χ1v) is 17.2. The predicted octanol–water partition coefficient (Wildman–Crippen LogP) is 2.90. The van der Waals surface area contributed by atoms with Crippen molar-refractivity contribution in [2.75, 3.05) is 20.3 Å². The van der Waals surface area contributed by atoms with Crippen LogP contribution in [0.2, 0.25) is 0 Å². The topological polar surface area (TPSA) is 244 Å². The molecule has 56 heavy (non-hydrogen) atoms. The maximum absolute atomic E-state index is 13.3. The molecule has 1 aromatic heterocycles. The first kappa shape index (κ1) is 38.0. The Kier molecular flexibility index (Phi) is 10.7. The number of aliphatic hydroxyl groups excluding tert-OH is 4. The molecular weight excluding hydrogens is 736 g/mol. The van der Waals surface area contributed by atoms with Crippen molar-refractivity contribution in [1.82, 2.24) is 0 Å². The van der Waals surface area contributed by atoms with E-state index in [0.29, 0.717) is 22.4 Å². The number of carbonyl (C=O) groups excluding carboxylic acids is 1. The Morgan fingerprint density at radius 2 is 1.59 bits per heavy atom. The van der Waals surface area contributed by atoms with Gasteiger partial charge in [-0.2, -0.15) is 0 Å². The van der Waals surface area contributed by atoms with Gasteiger partial charge in [-0.25, -0.2) is 4.79 Å². The van der Waals surface area contributed by atoms with Crippen LogP contribution in [0, 0.1) is 0 Å². The number of fused-ring (bicyclic) bond motifs is 2. The van der Waals surface area contributed by atoms with Crippen LogP contribution in [-0.2, 0) is 14.3 Å². The number of ether oxygens (including phenoxy) is 6. The van der Waals surface area contributed by atoms with Crippen LogP contribution in [-0.4, -0.2) is 98.8 Å². The molecule has 1 saturated heterocycles. The molecular formula is C40H36O16. The number of phenolic OH excluding ortho intramolecular Hbond substituents is 3. The van der Waals surface area contributed by atoms with Gasteiger partial charge in [-0.3, -0.25) is 4.79 Å². The SMILES string of the molecule is COc1cc([C@H]2Oc3cc(-c4cc(=O)c5c(O)cc(O[C@@H]6O[C@H](CO)[C@@H](OC(=O)/C=C/c7ccc(O)cc7)[C@H](O)[C@H]6O)cc5o4)ccc3O[C@@H]2CO)ccc1O. The lowest BCUT2D eigenvalue weighted by molar-refractivity contribution is -0.280. The number of esters is 1. The molecule has 4 aromatic carbocycles. The molecule has 5 aromatic rings. The molecule has 7 rings (SSSR count). The first-order valence-electron chi connectivity index (χ1n) is 17.2. The highest BCUT2D eigenvalue weighted by Gasteiger charge is 2.47. The van der Waals surface area contributed by atoms with Crippen molar-refractivity contribution < 1.29 is 73.4 Å².